The van der Waals surface area contributed by atoms with Gasteiger partial charge in [-0.05, 0) is 44.2 Å². The maximum absolute atomic E-state index is 13.6. The van der Waals surface area contributed by atoms with Crippen LogP contribution in [0.25, 0.3) is 16.5 Å². The van der Waals surface area contributed by atoms with Crippen molar-refractivity contribution < 1.29 is 27.6 Å². The molecule has 1 aliphatic rings. The van der Waals surface area contributed by atoms with E-state index in [1.807, 2.05) is 44.2 Å². The Morgan fingerprint density at radius 3 is 2.56 bits per heavy atom. The molecule has 36 heavy (non-hydrogen) atoms. The molecule has 0 unspecified atom stereocenters. The number of esters is 1. The van der Waals surface area contributed by atoms with E-state index >= 15 is 0 Å². The van der Waals surface area contributed by atoms with Gasteiger partial charge in [0, 0.05) is 23.2 Å². The van der Waals surface area contributed by atoms with Gasteiger partial charge in [0.1, 0.15) is 5.60 Å². The molecule has 0 fully saturated rings. The van der Waals surface area contributed by atoms with Crippen LogP contribution in [-0.4, -0.2) is 48.8 Å². The summed E-state index contributed by atoms with van der Waals surface area (Å²) in [5.74, 6) is -1.43. The molecule has 2 N–H and O–H groups in total. The maximum Gasteiger partial charge on any atom is 0.308 e. The van der Waals surface area contributed by atoms with Crippen molar-refractivity contribution in [3.63, 3.8) is 0 Å². The summed E-state index contributed by atoms with van der Waals surface area (Å²) in [7, 11) is -3.49. The number of aromatic nitrogens is 1. The van der Waals surface area contributed by atoms with Gasteiger partial charge >= 0.3 is 5.97 Å². The van der Waals surface area contributed by atoms with E-state index in [2.05, 4.69) is 15.8 Å². The fraction of sp³-hybridized carbons (Fsp3) is 0.423. The van der Waals surface area contributed by atoms with Gasteiger partial charge in [-0.3, -0.25) is 24.9 Å². The quantitative estimate of drug-likeness (QED) is 0.514. The Hall–Kier alpha value is -3.24. The molecule has 194 valence electrons. The summed E-state index contributed by atoms with van der Waals surface area (Å²) >= 11 is 0. The normalized spacial score (nSPS) is 19.2. The molecule has 0 aliphatic carbocycles. The molecule has 2 heterocycles. The maximum atomic E-state index is 13.6. The second kappa shape index (κ2) is 10.4. The van der Waals surface area contributed by atoms with Crippen molar-refractivity contribution in [3.8, 4) is 0 Å². The highest BCUT2D eigenvalue weighted by Crippen LogP contribution is 2.34. The van der Waals surface area contributed by atoms with Crippen molar-refractivity contribution in [2.75, 3.05) is 6.26 Å². The summed E-state index contributed by atoms with van der Waals surface area (Å²) in [5.41, 5.74) is 1.85. The molecule has 0 spiro atoms. The average molecular weight is 516 g/mol. The van der Waals surface area contributed by atoms with Crippen LogP contribution in [-0.2, 0) is 29.0 Å². The number of carbonyl (C=O) groups is 2. The summed E-state index contributed by atoms with van der Waals surface area (Å²) in [5, 5.41) is 5.59. The van der Waals surface area contributed by atoms with Crippen molar-refractivity contribution in [2.45, 2.75) is 58.3 Å². The van der Waals surface area contributed by atoms with E-state index in [4.69, 9.17) is 9.57 Å². The molecule has 0 radical (unpaired) electrons. The van der Waals surface area contributed by atoms with Crippen LogP contribution < -0.4 is 10.8 Å². The van der Waals surface area contributed by atoms with Crippen LogP contribution in [0.1, 0.15) is 46.7 Å². The zero-order chi connectivity index (χ0) is 26.7. The number of benzene rings is 1. The third kappa shape index (κ3) is 6.70. The lowest BCUT2D eigenvalue weighted by Gasteiger charge is -2.30. The van der Waals surface area contributed by atoms with E-state index in [1.54, 1.807) is 33.0 Å². The number of nitrogens with zero attached hydrogens (tertiary/aromatic N) is 1. The molecule has 1 amide bonds. The van der Waals surface area contributed by atoms with Crippen LogP contribution in [0.4, 0.5) is 0 Å². The molecular weight excluding hydrogens is 482 g/mol. The third-order valence-corrected chi connectivity index (χ3v) is 6.16. The van der Waals surface area contributed by atoms with Crippen molar-refractivity contribution in [1.82, 2.24) is 15.8 Å². The van der Waals surface area contributed by atoms with Gasteiger partial charge in [-0.2, -0.15) is 0 Å². The number of carbonyl (C=O) groups excluding carboxylic acids is 2. The summed E-state index contributed by atoms with van der Waals surface area (Å²) < 4.78 is 28.8. The molecule has 2 atom stereocenters. The smallest absolute Gasteiger partial charge is 0.308 e. The van der Waals surface area contributed by atoms with Gasteiger partial charge in [-0.15, -0.1) is 0 Å². The largest absolute Gasteiger partial charge is 0.460 e. The first-order chi connectivity index (χ1) is 16.7. The van der Waals surface area contributed by atoms with E-state index in [-0.39, 0.29) is 12.3 Å². The minimum atomic E-state index is -3.49. The third-order valence-electron chi connectivity index (χ3n) is 5.51. The highest BCUT2D eigenvalue weighted by Gasteiger charge is 2.47. The van der Waals surface area contributed by atoms with Crippen LogP contribution in [0.5, 0.6) is 0 Å². The SMILES string of the molecule is CC(C)[C@@]1(C(=O)N[C@H](C=CS(C)(=O)=O)CC(=O)OC(C)(C)C)C=C(c2nccc3ccccc23)NO1. The van der Waals surface area contributed by atoms with E-state index in [9.17, 15) is 18.0 Å². The molecule has 1 aromatic heterocycles. The summed E-state index contributed by atoms with van der Waals surface area (Å²) in [6.07, 6.45) is 5.40. The van der Waals surface area contributed by atoms with Crippen LogP contribution in [0, 0.1) is 5.92 Å². The highest BCUT2D eigenvalue weighted by atomic mass is 32.2. The lowest BCUT2D eigenvalue weighted by Crippen LogP contribution is -2.53. The Morgan fingerprint density at radius 2 is 1.92 bits per heavy atom. The van der Waals surface area contributed by atoms with Gasteiger partial charge in [0.05, 0.1) is 23.9 Å². The van der Waals surface area contributed by atoms with E-state index in [1.165, 1.54) is 6.08 Å². The number of hydrogen-bond acceptors (Lipinski definition) is 8. The molecule has 3 rings (SSSR count). The van der Waals surface area contributed by atoms with Crippen LogP contribution >= 0.6 is 0 Å². The molecule has 0 saturated heterocycles. The van der Waals surface area contributed by atoms with Gasteiger partial charge < -0.3 is 10.1 Å². The number of hydroxylamine groups is 1. The molecule has 9 nitrogen and oxygen atoms in total. The highest BCUT2D eigenvalue weighted by molar-refractivity contribution is 7.93. The fourth-order valence-electron chi connectivity index (χ4n) is 3.77. The zero-order valence-electron chi connectivity index (χ0n) is 21.4. The minimum absolute atomic E-state index is 0.252. The number of ether oxygens (including phenoxy) is 1. The van der Waals surface area contributed by atoms with E-state index in [0.717, 1.165) is 22.4 Å². The number of rotatable bonds is 8. The molecule has 2 aromatic rings. The Bertz CT molecular complexity index is 1310. The lowest BCUT2D eigenvalue weighted by atomic mass is 9.88. The topological polar surface area (TPSA) is 124 Å². The molecule has 1 aromatic carbocycles. The van der Waals surface area contributed by atoms with Crippen molar-refractivity contribution >= 4 is 38.2 Å². The summed E-state index contributed by atoms with van der Waals surface area (Å²) in [6, 6.07) is 8.69. The molecule has 10 heteroatoms. The van der Waals surface area contributed by atoms with Gasteiger partial charge in [0.2, 0.25) is 0 Å². The Kier molecular flexibility index (Phi) is 7.90. The molecule has 1 aliphatic heterocycles. The number of hydrogen-bond donors (Lipinski definition) is 2. The standard InChI is InChI=1S/C26H33N3O6S/c1-17(2)26(16-21(29-35-26)23-20-10-8-7-9-18(20)11-13-27-23)24(31)28-19(12-14-36(6,32)33)15-22(30)34-25(3,4)5/h7-14,16-17,19,29H,15H2,1-6H3,(H,28,31)/t19-,26-/m1/s1. The zero-order valence-corrected chi connectivity index (χ0v) is 22.2. The predicted octanol–water partition coefficient (Wildman–Crippen LogP) is 3.28. The first kappa shape index (κ1) is 27.3. The van der Waals surface area contributed by atoms with Crippen LogP contribution in [0.2, 0.25) is 0 Å². The number of pyridine rings is 1. The molecular formula is C26H33N3O6S. The second-order valence-corrected chi connectivity index (χ2v) is 12.1. The Balaban J connectivity index is 1.92. The van der Waals surface area contributed by atoms with Gasteiger partial charge in [0.25, 0.3) is 5.91 Å². The fourth-order valence-corrected chi connectivity index (χ4v) is 4.25. The number of amides is 1. The lowest BCUT2D eigenvalue weighted by molar-refractivity contribution is -0.156. The first-order valence-electron chi connectivity index (χ1n) is 11.6. The van der Waals surface area contributed by atoms with Crippen molar-refractivity contribution in [1.29, 1.82) is 0 Å². The summed E-state index contributed by atoms with van der Waals surface area (Å²) in [4.78, 5) is 36.4. The Labute approximate surface area is 211 Å². The number of sulfone groups is 1. The number of fused-ring (bicyclic) bond motifs is 1. The van der Waals surface area contributed by atoms with Gasteiger partial charge in [0.15, 0.2) is 15.4 Å². The molecule has 0 bridgehead atoms. The van der Waals surface area contributed by atoms with Gasteiger partial charge in [-0.1, -0.05) is 44.2 Å². The monoisotopic (exact) mass is 515 g/mol. The van der Waals surface area contributed by atoms with Crippen LogP contribution in [0.3, 0.4) is 0 Å². The average Bonchev–Trinajstić information content (AvgIpc) is 3.22. The minimum Gasteiger partial charge on any atom is -0.460 e. The Morgan fingerprint density at radius 1 is 1.22 bits per heavy atom. The van der Waals surface area contributed by atoms with E-state index < -0.39 is 39.0 Å². The van der Waals surface area contributed by atoms with Gasteiger partial charge in [-0.25, -0.2) is 8.42 Å². The van der Waals surface area contributed by atoms with Crippen LogP contribution in [0.15, 0.2) is 54.1 Å². The second-order valence-electron chi connectivity index (χ2n) is 10.1. The van der Waals surface area contributed by atoms with Crippen molar-refractivity contribution in [2.24, 2.45) is 5.92 Å². The predicted molar refractivity (Wildman–Crippen MR) is 138 cm³/mol. The van der Waals surface area contributed by atoms with E-state index in [0.29, 0.717) is 11.4 Å². The van der Waals surface area contributed by atoms with Crippen molar-refractivity contribution in [3.05, 3.63) is 59.8 Å². The number of nitrogens with one attached hydrogen (secondary N) is 2. The first-order valence-corrected chi connectivity index (χ1v) is 13.6. The summed E-state index contributed by atoms with van der Waals surface area (Å²) in [6.45, 7) is 8.83. The molecule has 0 saturated carbocycles.